The molecule has 3 aromatic carbocycles. The number of pyridine rings is 1. The van der Waals surface area contributed by atoms with Gasteiger partial charge < -0.3 is 39.0 Å². The number of benzene rings is 3. The number of hydrogen-bond acceptors (Lipinski definition) is 11. The van der Waals surface area contributed by atoms with E-state index in [0.717, 1.165) is 5.56 Å². The highest BCUT2D eigenvalue weighted by atomic mass is 19.4. The molecule has 0 aliphatic carbocycles. The van der Waals surface area contributed by atoms with Gasteiger partial charge in [-0.15, -0.1) is 0 Å². The molecule has 0 bridgehead atoms. The maximum atomic E-state index is 14.9. The zero-order valence-corrected chi connectivity index (χ0v) is 43.0. The fraction of sp³-hybridized carbons (Fsp3) is 0.473. The summed E-state index contributed by atoms with van der Waals surface area (Å²) in [4.78, 5) is 61.5. The average Bonchev–Trinajstić information content (AvgIpc) is 3.63. The molecule has 18 heteroatoms. The van der Waals surface area contributed by atoms with Gasteiger partial charge in [-0.05, 0) is 97.4 Å². The van der Waals surface area contributed by atoms with Crippen molar-refractivity contribution in [3.05, 3.63) is 107 Å². The highest BCUT2D eigenvalue weighted by Gasteiger charge is 2.36. The van der Waals surface area contributed by atoms with Crippen molar-refractivity contribution < 1.29 is 51.7 Å². The lowest BCUT2D eigenvalue weighted by atomic mass is 9.84. The highest BCUT2D eigenvalue weighted by Crippen LogP contribution is 2.44. The molecule has 3 amide bonds. The number of alkyl carbamates (subject to hydrolysis) is 1. The molecule has 2 atom stereocenters. The SMILES string of the molecule is COC(=O)[C@@H]1CCCN(C(=O)[C@H](Cc2cccc(-c3ccc4c(c3)c(CC(C)(C)CO)c(-c3cc(N5CCN(C(=O)OCc6ccccc6)CC5)cnc3C(C)C)n4CC(F)(F)F)c2)NC(=O)OC(C)(C)C)N1. The van der Waals surface area contributed by atoms with E-state index in [4.69, 9.17) is 19.2 Å². The molecule has 73 heavy (non-hydrogen) atoms. The van der Waals surface area contributed by atoms with Gasteiger partial charge in [0.2, 0.25) is 0 Å². The first-order valence-electron chi connectivity index (χ1n) is 24.8. The average molecular weight is 1010 g/mol. The van der Waals surface area contributed by atoms with Crippen molar-refractivity contribution in [2.45, 2.75) is 117 Å². The maximum Gasteiger partial charge on any atom is 0.410 e. The Morgan fingerprint density at radius 2 is 1.58 bits per heavy atom. The zero-order chi connectivity index (χ0) is 52.8. The van der Waals surface area contributed by atoms with Gasteiger partial charge in [-0.3, -0.25) is 19.6 Å². The van der Waals surface area contributed by atoms with Crippen LogP contribution in [-0.2, 0) is 49.8 Å². The van der Waals surface area contributed by atoms with E-state index in [9.17, 15) is 37.5 Å². The first kappa shape index (κ1) is 54.1. The molecule has 0 saturated carbocycles. The molecule has 5 aromatic rings. The minimum Gasteiger partial charge on any atom is -0.468 e. The number of piperazine rings is 1. The molecule has 392 valence electrons. The van der Waals surface area contributed by atoms with Crippen LogP contribution in [0.25, 0.3) is 33.3 Å². The fourth-order valence-corrected chi connectivity index (χ4v) is 9.42. The molecule has 0 unspecified atom stereocenters. The third-order valence-corrected chi connectivity index (χ3v) is 13.0. The monoisotopic (exact) mass is 1010 g/mol. The number of carbonyl (C=O) groups excluding carboxylic acids is 4. The number of alkyl halides is 3. The summed E-state index contributed by atoms with van der Waals surface area (Å²) in [6.45, 7) is 13.3. The van der Waals surface area contributed by atoms with E-state index in [-0.39, 0.29) is 38.5 Å². The van der Waals surface area contributed by atoms with Crippen LogP contribution in [0.5, 0.6) is 0 Å². The van der Waals surface area contributed by atoms with E-state index in [1.54, 1.807) is 44.0 Å². The van der Waals surface area contributed by atoms with E-state index in [0.29, 0.717) is 94.8 Å². The van der Waals surface area contributed by atoms with Crippen molar-refractivity contribution in [1.29, 1.82) is 0 Å². The van der Waals surface area contributed by atoms with Gasteiger partial charge in [-0.25, -0.2) is 15.0 Å². The smallest absolute Gasteiger partial charge is 0.410 e. The number of carbonyl (C=O) groups is 4. The summed E-state index contributed by atoms with van der Waals surface area (Å²) in [5.41, 5.74) is 7.46. The molecule has 2 aliphatic heterocycles. The van der Waals surface area contributed by atoms with Gasteiger partial charge in [-0.1, -0.05) is 88.4 Å². The maximum absolute atomic E-state index is 14.9. The molecule has 2 saturated heterocycles. The van der Waals surface area contributed by atoms with Gasteiger partial charge in [0, 0.05) is 62.2 Å². The number of aliphatic hydroxyl groups excluding tert-OH is 1. The van der Waals surface area contributed by atoms with E-state index < -0.39 is 59.9 Å². The van der Waals surface area contributed by atoms with Crippen molar-refractivity contribution in [2.24, 2.45) is 5.41 Å². The standard InChI is InChI=1S/C55H68F3N7O8/c1-35(2)47-42(29-40(31-59-47)62-22-24-63(25-23-62)52(70)72-32-36-14-10-9-11-15-36)48-43(30-54(6,7)34-66)41-28-39(19-20-46(41)64(48)33-55(56,57)58)38-17-12-16-37(26-38)27-45(60-51(69)73-53(3,4)5)49(67)65-21-13-18-44(61-65)50(68)71-8/h9-12,14-17,19-20,26,28-29,31,35,44-45,61,66H,13,18,21-25,27,30,32-34H2,1-8H3,(H,60,69)/t44-,45-/m0/s1. The number of methoxy groups -OCH3 is 1. The quantitative estimate of drug-likeness (QED) is 0.0676. The number of esters is 1. The van der Waals surface area contributed by atoms with Gasteiger partial charge >= 0.3 is 24.3 Å². The summed E-state index contributed by atoms with van der Waals surface area (Å²) in [5, 5.41) is 15.3. The van der Waals surface area contributed by atoms with E-state index >= 15 is 0 Å². The van der Waals surface area contributed by atoms with Crippen molar-refractivity contribution >= 4 is 40.7 Å². The van der Waals surface area contributed by atoms with E-state index in [1.807, 2.05) is 94.4 Å². The summed E-state index contributed by atoms with van der Waals surface area (Å²) < 4.78 is 62.2. The highest BCUT2D eigenvalue weighted by molar-refractivity contribution is 5.96. The molecule has 7 rings (SSSR count). The van der Waals surface area contributed by atoms with Crippen LogP contribution >= 0.6 is 0 Å². The lowest BCUT2D eigenvalue weighted by Gasteiger charge is -2.35. The van der Waals surface area contributed by atoms with E-state index in [2.05, 4.69) is 15.6 Å². The molecule has 2 aromatic heterocycles. The lowest BCUT2D eigenvalue weighted by molar-refractivity contribution is -0.150. The van der Waals surface area contributed by atoms with E-state index in [1.165, 1.54) is 16.7 Å². The molecule has 2 fully saturated rings. The van der Waals surface area contributed by atoms with Crippen LogP contribution in [0.2, 0.25) is 0 Å². The number of hydrogen-bond donors (Lipinski definition) is 3. The van der Waals surface area contributed by atoms with Gasteiger partial charge in [0.1, 0.15) is 30.8 Å². The number of ether oxygens (including phenoxy) is 3. The summed E-state index contributed by atoms with van der Waals surface area (Å²) in [6, 6.07) is 22.2. The number of aliphatic hydroxyl groups is 1. The number of halogens is 3. The Labute approximate surface area is 424 Å². The normalized spacial score (nSPS) is 16.1. The van der Waals surface area contributed by atoms with Crippen LogP contribution < -0.4 is 15.6 Å². The Balaban J connectivity index is 1.26. The first-order chi connectivity index (χ1) is 34.5. The van der Waals surface area contributed by atoms with Crippen LogP contribution in [0.1, 0.15) is 89.6 Å². The van der Waals surface area contributed by atoms with Crippen LogP contribution in [-0.4, -0.2) is 119 Å². The van der Waals surface area contributed by atoms with Crippen molar-refractivity contribution in [1.82, 2.24) is 30.2 Å². The molecule has 2 aliphatic rings. The predicted octanol–water partition coefficient (Wildman–Crippen LogP) is 9.18. The number of aromatic nitrogens is 2. The Hall–Kier alpha value is -6.66. The van der Waals surface area contributed by atoms with Gasteiger partial charge in [0.15, 0.2) is 0 Å². The summed E-state index contributed by atoms with van der Waals surface area (Å²) in [5.74, 6) is -1.18. The zero-order valence-electron chi connectivity index (χ0n) is 43.0. The number of nitrogens with zero attached hydrogens (tertiary/aromatic N) is 5. The van der Waals surface area contributed by atoms with Gasteiger partial charge in [-0.2, -0.15) is 13.2 Å². The van der Waals surface area contributed by atoms with Gasteiger partial charge in [0.05, 0.1) is 30.4 Å². The third-order valence-electron chi connectivity index (χ3n) is 13.0. The number of nitrogens with one attached hydrogen (secondary N) is 2. The van der Waals surface area contributed by atoms with Crippen LogP contribution in [0.3, 0.4) is 0 Å². The Kier molecular flexibility index (Phi) is 16.8. The molecule has 0 radical (unpaired) electrons. The fourth-order valence-electron chi connectivity index (χ4n) is 9.42. The number of anilines is 1. The van der Waals surface area contributed by atoms with Crippen LogP contribution in [0.15, 0.2) is 85.1 Å². The molecule has 15 nitrogen and oxygen atoms in total. The number of amides is 3. The minimum absolute atomic E-state index is 0.0337. The Bertz CT molecular complexity index is 2760. The largest absolute Gasteiger partial charge is 0.468 e. The molecular weight excluding hydrogens is 944 g/mol. The molecule has 4 heterocycles. The van der Waals surface area contributed by atoms with Crippen molar-refractivity contribution in [3.63, 3.8) is 0 Å². The van der Waals surface area contributed by atoms with Crippen LogP contribution in [0.4, 0.5) is 28.4 Å². The second-order valence-electron chi connectivity index (χ2n) is 21.0. The summed E-state index contributed by atoms with van der Waals surface area (Å²) >= 11 is 0. The third kappa shape index (κ3) is 13.7. The number of fused-ring (bicyclic) bond motifs is 1. The van der Waals surface area contributed by atoms with Crippen molar-refractivity contribution in [2.75, 3.05) is 51.3 Å². The molecule has 0 spiro atoms. The predicted molar refractivity (Wildman–Crippen MR) is 272 cm³/mol. The second kappa shape index (κ2) is 22.6. The summed E-state index contributed by atoms with van der Waals surface area (Å²) in [7, 11) is 1.27. The Morgan fingerprint density at radius 3 is 2.23 bits per heavy atom. The summed E-state index contributed by atoms with van der Waals surface area (Å²) in [6.07, 6.45) is -2.86. The minimum atomic E-state index is -4.61. The van der Waals surface area contributed by atoms with Gasteiger partial charge in [0.25, 0.3) is 5.91 Å². The molecule has 3 N–H and O–H groups in total. The second-order valence-corrected chi connectivity index (χ2v) is 21.0. The Morgan fingerprint density at radius 1 is 0.877 bits per heavy atom. The first-order valence-corrected chi connectivity index (χ1v) is 24.8. The molecular formula is C55H68F3N7O8. The van der Waals surface area contributed by atoms with Crippen LogP contribution in [0, 0.1) is 5.41 Å². The number of hydrazine groups is 1. The lowest BCUT2D eigenvalue weighted by Crippen LogP contribution is -2.60. The van der Waals surface area contributed by atoms with Crippen molar-refractivity contribution in [3.8, 4) is 22.4 Å². The topological polar surface area (TPSA) is 168 Å². The number of rotatable bonds is 15.